The van der Waals surface area contributed by atoms with Crippen LogP contribution in [0.3, 0.4) is 0 Å². The van der Waals surface area contributed by atoms with Gasteiger partial charge >= 0.3 is 0 Å². The van der Waals surface area contributed by atoms with Crippen LogP contribution in [-0.2, 0) is 20.6 Å². The normalized spacial score (nSPS) is 12.2. The quantitative estimate of drug-likeness (QED) is 0.0333. The molecular weight excluding hydrogens is 1000 g/mol. The van der Waals surface area contributed by atoms with Crippen molar-refractivity contribution in [3.63, 3.8) is 0 Å². The van der Waals surface area contributed by atoms with Crippen molar-refractivity contribution in [1.29, 1.82) is 0 Å². The summed E-state index contributed by atoms with van der Waals surface area (Å²) in [6, 6.07) is 8.66. The lowest BCUT2D eigenvalue weighted by molar-refractivity contribution is 0.0118. The molecule has 0 aliphatic heterocycles. The molecule has 0 aromatic heterocycles. The maximum Gasteiger partial charge on any atom is 0.119 e. The van der Waals surface area contributed by atoms with Crippen molar-refractivity contribution >= 4 is 12.6 Å². The van der Waals surface area contributed by atoms with E-state index in [-0.39, 0.29) is 0 Å². The molecule has 0 spiro atoms. The lowest BCUT2D eigenvalue weighted by atomic mass is 10.1. The second-order valence-electron chi connectivity index (χ2n) is 21.0. The van der Waals surface area contributed by atoms with Gasteiger partial charge in [0.15, 0.2) is 0 Å². The van der Waals surface area contributed by atoms with E-state index in [0.29, 0.717) is 52.0 Å². The van der Waals surface area contributed by atoms with Crippen LogP contribution in [-0.4, -0.2) is 276 Å². The van der Waals surface area contributed by atoms with E-state index in [9.17, 15) is 0 Å². The van der Waals surface area contributed by atoms with E-state index < -0.39 is 0 Å². The predicted octanol–water partition coefficient (Wildman–Crippen LogP) is 1.83. The van der Waals surface area contributed by atoms with Crippen LogP contribution in [0.25, 0.3) is 0 Å². The first-order valence-electron chi connectivity index (χ1n) is 31.1. The summed E-state index contributed by atoms with van der Waals surface area (Å²) in [6.45, 7) is 32.0. The molecule has 0 bridgehead atoms. The Labute approximate surface area is 483 Å². The third kappa shape index (κ3) is 45.2. The number of hydrogen-bond donors (Lipinski definition) is 9. The summed E-state index contributed by atoms with van der Waals surface area (Å²) in [5, 5.41) is 0. The molecule has 78 heavy (non-hydrogen) atoms. The summed E-state index contributed by atoms with van der Waals surface area (Å²) in [4.78, 5) is 18.5. The Morgan fingerprint density at radius 1 is 0.269 bits per heavy atom. The van der Waals surface area contributed by atoms with Gasteiger partial charge < -0.3 is 99.1 Å². The zero-order valence-electron chi connectivity index (χ0n) is 49.9. The van der Waals surface area contributed by atoms with Crippen LogP contribution in [0.2, 0.25) is 0 Å². The lowest BCUT2D eigenvalue weighted by Crippen LogP contribution is -2.38. The summed E-state index contributed by atoms with van der Waals surface area (Å²) in [5.74, 6) is 1.58. The average Bonchev–Trinajstić information content (AvgIpc) is 3.45. The molecule has 1 aromatic rings. The van der Waals surface area contributed by atoms with Gasteiger partial charge in [0, 0.05) is 12.3 Å². The monoisotopic (exact) mass is 1130 g/mol. The number of benzene rings is 1. The number of rotatable bonds is 63. The Kier molecular flexibility index (Phi) is 55.0. The van der Waals surface area contributed by atoms with Gasteiger partial charge in [-0.05, 0) is 297 Å². The first-order valence-corrected chi connectivity index (χ1v) is 31.8. The van der Waals surface area contributed by atoms with E-state index in [4.69, 9.17) is 64.8 Å². The van der Waals surface area contributed by atoms with Crippen molar-refractivity contribution in [1.82, 2.24) is 34.3 Å². The zero-order chi connectivity index (χ0) is 56.6. The van der Waals surface area contributed by atoms with Crippen LogP contribution in [0.4, 0.5) is 0 Å². The molecule has 0 atom stereocenters. The largest absolute Gasteiger partial charge is 0.491 e. The third-order valence-corrected chi connectivity index (χ3v) is 14.4. The molecule has 0 unspecified atom stereocenters. The van der Waals surface area contributed by atoms with Crippen LogP contribution in [0.1, 0.15) is 95.5 Å². The molecule has 0 fully saturated rings. The van der Waals surface area contributed by atoms with E-state index in [1.54, 1.807) is 0 Å². The number of nitrogens with zero attached hydrogens (tertiary/aromatic N) is 7. The van der Waals surface area contributed by atoms with Gasteiger partial charge in [-0.15, -0.1) is 0 Å². The summed E-state index contributed by atoms with van der Waals surface area (Å²) in [5.41, 5.74) is 48.9. The molecule has 0 aliphatic rings. The van der Waals surface area contributed by atoms with Gasteiger partial charge in [-0.3, -0.25) is 0 Å². The predicted molar refractivity (Wildman–Crippen MR) is 334 cm³/mol. The Morgan fingerprint density at radius 3 is 0.731 bits per heavy atom. The fourth-order valence-electron chi connectivity index (χ4n) is 9.84. The number of hydrogen-bond acceptors (Lipinski definition) is 20. The van der Waals surface area contributed by atoms with Crippen LogP contribution in [0, 0.1) is 0 Å². The summed E-state index contributed by atoms with van der Waals surface area (Å²) < 4.78 is 22.7. The molecule has 0 heterocycles. The van der Waals surface area contributed by atoms with Crippen molar-refractivity contribution in [3.05, 3.63) is 29.8 Å². The minimum Gasteiger partial charge on any atom is -0.491 e. The SMILES string of the molecule is NCCCN(CCCN)CCCN(CCCN(CCCN)CCCN)CCCN(CCCN(CCCN(CCCN)CCCN)CCCN(CCCN)CCCN)CCc1ccc(OCCOCCOCCOCCS)cc1. The fraction of sp³-hybridized carbons (Fsp3) is 0.897. The first kappa shape index (κ1) is 74.7. The smallest absolute Gasteiger partial charge is 0.119 e. The van der Waals surface area contributed by atoms with Crippen molar-refractivity contribution in [2.75, 3.05) is 242 Å². The van der Waals surface area contributed by atoms with Gasteiger partial charge in [-0.25, -0.2) is 0 Å². The van der Waals surface area contributed by atoms with Crippen LogP contribution in [0.15, 0.2) is 24.3 Å². The number of ether oxygens (including phenoxy) is 4. The Hall–Kier alpha value is -1.35. The van der Waals surface area contributed by atoms with Crippen molar-refractivity contribution < 1.29 is 18.9 Å². The molecule has 462 valence electrons. The molecular formula is C58H125N15O4S. The number of nitrogens with two attached hydrogens (primary N) is 8. The highest BCUT2D eigenvalue weighted by Crippen LogP contribution is 2.14. The second-order valence-corrected chi connectivity index (χ2v) is 21.4. The van der Waals surface area contributed by atoms with Gasteiger partial charge in [0.1, 0.15) is 12.4 Å². The molecule has 16 N–H and O–H groups in total. The van der Waals surface area contributed by atoms with E-state index in [2.05, 4.69) is 71.2 Å². The van der Waals surface area contributed by atoms with Crippen molar-refractivity contribution in [2.45, 2.75) is 96.3 Å². The van der Waals surface area contributed by atoms with E-state index in [0.717, 1.165) is 292 Å². The van der Waals surface area contributed by atoms with Crippen LogP contribution < -0.4 is 50.6 Å². The molecule has 19 nitrogen and oxygen atoms in total. The van der Waals surface area contributed by atoms with Gasteiger partial charge in [0.25, 0.3) is 0 Å². The molecule has 0 radical (unpaired) electrons. The van der Waals surface area contributed by atoms with E-state index in [1.165, 1.54) is 5.56 Å². The molecule has 0 aliphatic carbocycles. The lowest BCUT2D eigenvalue weighted by Gasteiger charge is -2.30. The molecule has 0 saturated carbocycles. The topological polar surface area (TPSA) is 268 Å². The molecule has 0 saturated heterocycles. The highest BCUT2D eigenvalue weighted by atomic mass is 32.1. The minimum atomic E-state index is 0.496. The molecule has 0 amide bonds. The minimum absolute atomic E-state index is 0.496. The molecule has 1 aromatic carbocycles. The van der Waals surface area contributed by atoms with Crippen molar-refractivity contribution in [2.24, 2.45) is 45.9 Å². The van der Waals surface area contributed by atoms with E-state index in [1.807, 2.05) is 0 Å². The standard InChI is InChI=1S/C58H125N15O4S/c59-20-1-28-67(29-2-21-60)36-9-40-71(41-10-37-68(30-3-22-61)31-4-23-62)44-13-46-73(48-19-57-15-17-58(18-16-57)77-54-53-75-50-49-74-51-52-76-55-56-78)47-14-45-72(42-11-38-69(32-5-24-63)33-6-25-64)43-12-39-70(34-7-26-65)35-8-27-66/h15-18,78H,1-14,19-56,59-66H2. The Balaban J connectivity index is 3.20. The van der Waals surface area contributed by atoms with Gasteiger partial charge in [0.2, 0.25) is 0 Å². The van der Waals surface area contributed by atoms with E-state index >= 15 is 0 Å². The zero-order valence-corrected chi connectivity index (χ0v) is 50.8. The fourth-order valence-corrected chi connectivity index (χ4v) is 9.97. The molecule has 20 heteroatoms. The second kappa shape index (κ2) is 57.5. The van der Waals surface area contributed by atoms with Gasteiger partial charge in [-0.1, -0.05) is 12.1 Å². The maximum atomic E-state index is 6.05. The Morgan fingerprint density at radius 2 is 0.487 bits per heavy atom. The van der Waals surface area contributed by atoms with Crippen LogP contribution in [0.5, 0.6) is 5.75 Å². The summed E-state index contributed by atoms with van der Waals surface area (Å²) in [7, 11) is 0. The highest BCUT2D eigenvalue weighted by Gasteiger charge is 2.15. The molecule has 1 rings (SSSR count). The highest BCUT2D eigenvalue weighted by molar-refractivity contribution is 7.80. The average molecular weight is 1130 g/mol. The Bertz CT molecular complexity index is 1210. The third-order valence-electron chi connectivity index (χ3n) is 14.2. The van der Waals surface area contributed by atoms with Crippen molar-refractivity contribution in [3.8, 4) is 5.75 Å². The van der Waals surface area contributed by atoms with Gasteiger partial charge in [0.05, 0.1) is 39.6 Å². The van der Waals surface area contributed by atoms with Crippen LogP contribution >= 0.6 is 12.6 Å². The van der Waals surface area contributed by atoms with Gasteiger partial charge in [-0.2, -0.15) is 12.6 Å². The number of thiol groups is 1. The first-order chi connectivity index (χ1) is 38.4. The summed E-state index contributed by atoms with van der Waals surface area (Å²) in [6.07, 6.45) is 16.0. The maximum absolute atomic E-state index is 6.05. The summed E-state index contributed by atoms with van der Waals surface area (Å²) >= 11 is 4.16.